The van der Waals surface area contributed by atoms with Gasteiger partial charge in [-0.25, -0.2) is 9.78 Å². The van der Waals surface area contributed by atoms with E-state index in [2.05, 4.69) is 10.3 Å². The van der Waals surface area contributed by atoms with Gasteiger partial charge < -0.3 is 54.4 Å². The fourth-order valence-corrected chi connectivity index (χ4v) is 13.1. The van der Waals surface area contributed by atoms with E-state index in [0.29, 0.717) is 22.4 Å². The summed E-state index contributed by atoms with van der Waals surface area (Å²) < 4.78 is 5.46. The predicted octanol–water partition coefficient (Wildman–Crippen LogP) is 7.51. The van der Waals surface area contributed by atoms with Gasteiger partial charge in [-0.05, 0) is 105 Å². The molecule has 98 heavy (non-hydrogen) atoms. The summed E-state index contributed by atoms with van der Waals surface area (Å²) in [6, 6.07) is -3.64. The summed E-state index contributed by atoms with van der Waals surface area (Å²) >= 11 is 0. The Morgan fingerprint density at radius 2 is 1.03 bits per heavy atom. The molecular formula is C74H122N10O14. The zero-order chi connectivity index (χ0) is 75.0. The Hall–Kier alpha value is -7.11. The molecule has 24 heteroatoms. The number of aliphatic hydroxyl groups excluding tert-OH is 1. The summed E-state index contributed by atoms with van der Waals surface area (Å²) in [7, 11) is 10.1. The quantitative estimate of drug-likeness (QED) is 0.122. The van der Waals surface area contributed by atoms with E-state index in [1.807, 2.05) is 69.2 Å². The Morgan fingerprint density at radius 3 is 1.53 bits per heavy atom. The molecule has 0 spiro atoms. The molecule has 8 amide bonds. The predicted molar refractivity (Wildman–Crippen MR) is 377 cm³/mol. The summed E-state index contributed by atoms with van der Waals surface area (Å²) in [5, 5.41) is 15.4. The largest absolute Gasteiger partial charge is 0.462 e. The molecule has 24 nitrogen and oxygen atoms in total. The Balaban J connectivity index is 2.33. The van der Waals surface area contributed by atoms with Crippen molar-refractivity contribution in [3.63, 3.8) is 0 Å². The fourth-order valence-electron chi connectivity index (χ4n) is 13.1. The summed E-state index contributed by atoms with van der Waals surface area (Å²) in [5.74, 6) is -11.8. The number of carbonyl (C=O) groups excluding carboxylic acids is 12. The normalized spacial score (nSPS) is 25.1. The van der Waals surface area contributed by atoms with Crippen LogP contribution in [0.4, 0.5) is 0 Å². The summed E-state index contributed by atoms with van der Waals surface area (Å²) in [5.41, 5.74) is 1.32. The second kappa shape index (κ2) is 37.9. The molecule has 1 aromatic heterocycles. The number of amides is 8. The van der Waals surface area contributed by atoms with Crippen LogP contribution in [0.2, 0.25) is 0 Å². The number of rotatable bonds is 18. The summed E-state index contributed by atoms with van der Waals surface area (Å²) in [6.07, 6.45) is -1.88. The maximum absolute atomic E-state index is 15.6. The Bertz CT molecular complexity index is 3100. The van der Waals surface area contributed by atoms with Gasteiger partial charge in [-0.3, -0.25) is 52.7 Å². The molecule has 1 saturated heterocycles. The molecular weight excluding hydrogens is 1250 g/mol. The van der Waals surface area contributed by atoms with Crippen molar-refractivity contribution in [1.29, 1.82) is 0 Å². The van der Waals surface area contributed by atoms with Crippen LogP contribution >= 0.6 is 0 Å². The smallest absolute Gasteiger partial charge is 0.338 e. The number of ketones is 3. The van der Waals surface area contributed by atoms with Crippen LogP contribution in [0.5, 0.6) is 0 Å². The molecule has 0 aliphatic carbocycles. The zero-order valence-corrected chi connectivity index (χ0v) is 63.8. The second-order valence-electron chi connectivity index (χ2n) is 30.8. The molecule has 1 aliphatic rings. The van der Waals surface area contributed by atoms with Crippen LogP contribution in [0.15, 0.2) is 18.2 Å². The number of nitrogens with zero attached hydrogens (tertiary/aromatic N) is 8. The van der Waals surface area contributed by atoms with Gasteiger partial charge >= 0.3 is 5.97 Å². The number of aromatic nitrogens is 2. The van der Waals surface area contributed by atoms with Crippen LogP contribution in [0, 0.1) is 65.1 Å². The molecule has 552 valence electrons. The van der Waals surface area contributed by atoms with Gasteiger partial charge in [0.15, 0.2) is 17.3 Å². The van der Waals surface area contributed by atoms with E-state index in [-0.39, 0.29) is 87.6 Å². The first-order valence-corrected chi connectivity index (χ1v) is 35.5. The highest BCUT2D eigenvalue weighted by atomic mass is 16.5. The monoisotopic (exact) mass is 1370 g/mol. The van der Waals surface area contributed by atoms with Crippen molar-refractivity contribution >= 4 is 81.6 Å². The van der Waals surface area contributed by atoms with Crippen molar-refractivity contribution in [2.45, 2.75) is 231 Å². The molecule has 3 N–H and O–H groups in total. The number of imidazole rings is 1. The van der Waals surface area contributed by atoms with Crippen LogP contribution in [-0.4, -0.2) is 231 Å². The van der Waals surface area contributed by atoms with E-state index in [0.717, 1.165) is 4.90 Å². The second-order valence-corrected chi connectivity index (χ2v) is 30.8. The molecule has 0 unspecified atom stereocenters. The van der Waals surface area contributed by atoms with E-state index >= 15 is 19.2 Å². The summed E-state index contributed by atoms with van der Waals surface area (Å²) in [6.45, 7) is 32.1. The minimum atomic E-state index is -1.64. The topological polar surface area (TPSA) is 298 Å². The van der Waals surface area contributed by atoms with Gasteiger partial charge in [-0.1, -0.05) is 118 Å². The Kier molecular flexibility index (Phi) is 32.9. The number of benzene rings is 1. The number of fused-ring (bicyclic) bond motifs is 1. The van der Waals surface area contributed by atoms with Crippen LogP contribution in [0.1, 0.15) is 192 Å². The van der Waals surface area contributed by atoms with E-state index in [9.17, 15) is 43.5 Å². The van der Waals surface area contributed by atoms with E-state index in [4.69, 9.17) is 9.72 Å². The van der Waals surface area contributed by atoms with Crippen molar-refractivity contribution < 1.29 is 67.4 Å². The minimum absolute atomic E-state index is 0.0312. The average Bonchev–Trinajstić information content (AvgIpc) is 1.28. The number of Topliss-reactive ketones (excluding diaryl/α,β-unsaturated/α-hetero) is 3. The molecule has 0 bridgehead atoms. The maximum Gasteiger partial charge on any atom is 0.338 e. The van der Waals surface area contributed by atoms with Crippen LogP contribution < -0.4 is 5.32 Å². The van der Waals surface area contributed by atoms with Crippen molar-refractivity contribution in [2.24, 2.45) is 65.1 Å². The lowest BCUT2D eigenvalue weighted by atomic mass is 9.84. The number of likely N-dealkylation sites (N-methyl/N-ethyl adjacent to an activating group) is 7. The van der Waals surface area contributed by atoms with Gasteiger partial charge in [0.1, 0.15) is 36.0 Å². The number of aliphatic hydroxyl groups is 1. The van der Waals surface area contributed by atoms with Crippen LogP contribution in [-0.2, 0) is 63.9 Å². The lowest BCUT2D eigenvalue weighted by Gasteiger charge is -2.41. The van der Waals surface area contributed by atoms with Gasteiger partial charge in [0.25, 0.3) is 0 Å². The van der Waals surface area contributed by atoms with Crippen LogP contribution in [0.25, 0.3) is 11.0 Å². The first-order valence-electron chi connectivity index (χ1n) is 35.5. The van der Waals surface area contributed by atoms with Crippen molar-refractivity contribution in [1.82, 2.24) is 49.6 Å². The molecule has 3 rings (SSSR count). The standard InChI is InChI=1S/C74H122N10O14/c1-26-50-36-61(87)65(66(89)47(16)34-62-76-53-28-27-51(35-54(53)77-62)74(97)98-39-44(10)11)84(25)73(96)64(46(14)15)83(24)72(95)58(32-43(8)9)82(23)71(94)57(31-42(6)7)81(22)68(91)49(18)75-67(90)48(17)33-59(85)56(30-41(4)5)80(21)70(93)52(45(12)13)37-60(86)55(29-40(2)3)79(20)63(88)38-78(19)69(50)92/h27-28,35,40-50,52,55-58,64-66,89H,26,29-34,36-39H2,1-25H3,(H,75,90)(H,76,77)/t47-,48-,49-,50-,52+,55+,56+,57+,58+,64+,65-,66-/m1/s1. The molecule has 2 heterocycles. The number of H-pyrrole nitrogens is 1. The minimum Gasteiger partial charge on any atom is -0.462 e. The third kappa shape index (κ3) is 23.0. The van der Waals surface area contributed by atoms with E-state index in [1.54, 1.807) is 66.7 Å². The maximum atomic E-state index is 15.6. The van der Waals surface area contributed by atoms with Gasteiger partial charge in [0.2, 0.25) is 47.3 Å². The Labute approximate surface area is 584 Å². The molecule has 1 fully saturated rings. The van der Waals surface area contributed by atoms with Gasteiger partial charge in [-0.15, -0.1) is 0 Å². The van der Waals surface area contributed by atoms with Crippen molar-refractivity contribution in [3.05, 3.63) is 29.6 Å². The molecule has 0 radical (unpaired) electrons. The van der Waals surface area contributed by atoms with Crippen molar-refractivity contribution in [3.8, 4) is 0 Å². The number of nitrogens with one attached hydrogen (secondary N) is 2. The van der Waals surface area contributed by atoms with Crippen LogP contribution in [0.3, 0.4) is 0 Å². The zero-order valence-electron chi connectivity index (χ0n) is 63.8. The molecule has 1 aliphatic heterocycles. The average molecular weight is 1380 g/mol. The number of ether oxygens (including phenoxy) is 1. The van der Waals surface area contributed by atoms with E-state index < -0.39 is 167 Å². The SMILES string of the molecule is CC[C@@H]1CC(=O)[C@H]([C@H](O)[C@H](C)Cc2nc3ccc(C(=O)OCC(C)C)cc3[nH]2)N(C)C(=O)[C@H](C(C)C)N(C)C(=O)[C@H](CC(C)C)N(C)C(=O)[C@H](CC(C)C)N(C)C(=O)[C@@H](C)NC(=O)[C@H](C)CC(=O)[C@H](CC(C)C)N(C)C(=O)[C@H](C(C)C)CC(=O)[C@H](CC(C)C)N(C)C(=O)CN(C)C1=O. The highest BCUT2D eigenvalue weighted by molar-refractivity contribution is 6.00. The fraction of sp³-hybridized carbons (Fsp3) is 0.743. The van der Waals surface area contributed by atoms with Gasteiger partial charge in [0, 0.05) is 92.8 Å². The number of esters is 1. The Morgan fingerprint density at radius 1 is 0.551 bits per heavy atom. The lowest BCUT2D eigenvalue weighted by molar-refractivity contribution is -0.157. The molecule has 12 atom stereocenters. The number of carbonyl (C=O) groups is 12. The number of hydrogen-bond acceptors (Lipinski definition) is 15. The lowest BCUT2D eigenvalue weighted by Crippen LogP contribution is -2.62. The van der Waals surface area contributed by atoms with E-state index in [1.165, 1.54) is 85.7 Å². The molecule has 2 aromatic rings. The van der Waals surface area contributed by atoms with Gasteiger partial charge in [0.05, 0.1) is 47.9 Å². The van der Waals surface area contributed by atoms with Gasteiger partial charge in [-0.2, -0.15) is 0 Å². The third-order valence-electron chi connectivity index (χ3n) is 19.1. The molecule has 0 saturated carbocycles. The first-order chi connectivity index (χ1) is 45.4. The molecule has 1 aromatic carbocycles. The highest BCUT2D eigenvalue weighted by Crippen LogP contribution is 2.30. The summed E-state index contributed by atoms with van der Waals surface area (Å²) in [4.78, 5) is 193. The first kappa shape index (κ1) is 85.1. The highest BCUT2D eigenvalue weighted by Gasteiger charge is 2.46. The third-order valence-corrected chi connectivity index (χ3v) is 19.1. The number of aromatic amines is 1. The number of hydrogen-bond donors (Lipinski definition) is 3. The van der Waals surface area contributed by atoms with Crippen molar-refractivity contribution in [2.75, 3.05) is 62.5 Å².